The largest absolute Gasteiger partial charge is 0.375 e. The van der Waals surface area contributed by atoms with Gasteiger partial charge in [-0.25, -0.2) is 14.4 Å². The fourth-order valence-electron chi connectivity index (χ4n) is 3.17. The van der Waals surface area contributed by atoms with Crippen LogP contribution < -0.4 is 10.9 Å². The molecule has 3 heterocycles. The number of nitrogens with one attached hydrogen (secondary N) is 1. The van der Waals surface area contributed by atoms with Gasteiger partial charge in [-0.15, -0.1) is 15.9 Å². The number of rotatable bonds is 5. The summed E-state index contributed by atoms with van der Waals surface area (Å²) in [5.74, 6) is 0.119. The maximum atomic E-state index is 13.3. The van der Waals surface area contributed by atoms with Gasteiger partial charge in [-0.1, -0.05) is 23.4 Å². The summed E-state index contributed by atoms with van der Waals surface area (Å²) in [5, 5.41) is 2.68. The molecule has 166 valence electrons. The first-order chi connectivity index (χ1) is 15.9. The monoisotopic (exact) mass is 500 g/mol. The van der Waals surface area contributed by atoms with Crippen LogP contribution in [0.5, 0.6) is 0 Å². The van der Waals surface area contributed by atoms with E-state index in [-0.39, 0.29) is 16.1 Å². The van der Waals surface area contributed by atoms with E-state index in [2.05, 4.69) is 15.3 Å². The number of aryl methyl sites for hydroxylation is 1. The van der Waals surface area contributed by atoms with Crippen LogP contribution in [0, 0.1) is 12.7 Å². The van der Waals surface area contributed by atoms with Crippen LogP contribution in [0.2, 0.25) is 5.02 Å². The maximum absolute atomic E-state index is 13.3. The van der Waals surface area contributed by atoms with E-state index < -0.39 is 11.7 Å². The molecule has 1 amide bonds. The summed E-state index contributed by atoms with van der Waals surface area (Å²) in [6.45, 7) is 1.76. The van der Waals surface area contributed by atoms with Gasteiger partial charge in [-0.05, 0) is 43.3 Å². The van der Waals surface area contributed by atoms with E-state index >= 15 is 0 Å². The predicted octanol–water partition coefficient (Wildman–Crippen LogP) is 5.54. The molecule has 0 spiro atoms. The summed E-state index contributed by atoms with van der Waals surface area (Å²) in [5.41, 5.74) is 2.48. The molecule has 5 rings (SSSR count). The Morgan fingerprint density at radius 2 is 2.06 bits per heavy atom. The average molecular weight is 501 g/mol. The number of carbonyl (C=O) groups excluding carboxylic acids is 1. The Morgan fingerprint density at radius 3 is 2.88 bits per heavy atom. The second-order valence-electron chi connectivity index (χ2n) is 7.12. The highest BCUT2D eigenvalue weighted by molar-refractivity contribution is 8.00. The van der Waals surface area contributed by atoms with Gasteiger partial charge in [0.15, 0.2) is 9.99 Å². The number of fused-ring (bicyclic) bond motifs is 2. The van der Waals surface area contributed by atoms with Gasteiger partial charge in [0.05, 0.1) is 20.9 Å². The number of hydrogen-bond donors (Lipinski definition) is 1. The molecule has 3 aromatic heterocycles. The second kappa shape index (κ2) is 8.62. The molecule has 0 fully saturated rings. The number of amides is 1. The second-order valence-corrected chi connectivity index (χ2v) is 9.78. The molecular weight excluding hydrogens is 487 g/mol. The molecule has 1 N–H and O–H groups in total. The molecule has 0 unspecified atom stereocenters. The van der Waals surface area contributed by atoms with Crippen LogP contribution in [0.4, 0.5) is 10.1 Å². The highest BCUT2D eigenvalue weighted by Crippen LogP contribution is 2.33. The molecule has 7 nitrogen and oxygen atoms in total. The lowest BCUT2D eigenvalue weighted by Gasteiger charge is -2.06. The summed E-state index contributed by atoms with van der Waals surface area (Å²) >= 11 is 8.70. The lowest BCUT2D eigenvalue weighted by molar-refractivity contribution is 0.102. The molecule has 11 heteroatoms. The summed E-state index contributed by atoms with van der Waals surface area (Å²) in [4.78, 5) is 33.7. The van der Waals surface area contributed by atoms with Gasteiger partial charge in [0, 0.05) is 29.1 Å². The fourth-order valence-corrected chi connectivity index (χ4v) is 5.35. The van der Waals surface area contributed by atoms with Crippen LogP contribution in [-0.4, -0.2) is 20.4 Å². The van der Waals surface area contributed by atoms with E-state index in [4.69, 9.17) is 16.1 Å². The summed E-state index contributed by atoms with van der Waals surface area (Å²) in [6.07, 6.45) is 0. The zero-order chi connectivity index (χ0) is 23.1. The molecule has 5 aromatic rings. The van der Waals surface area contributed by atoms with Crippen LogP contribution >= 0.6 is 34.7 Å². The Bertz CT molecular complexity index is 1590. The van der Waals surface area contributed by atoms with Crippen molar-refractivity contribution in [1.29, 1.82) is 0 Å². The van der Waals surface area contributed by atoms with Gasteiger partial charge < -0.3 is 9.84 Å². The topological polar surface area (TPSA) is 89.5 Å². The highest BCUT2D eigenvalue weighted by Gasteiger charge is 2.12. The van der Waals surface area contributed by atoms with Gasteiger partial charge >= 0.3 is 0 Å². The van der Waals surface area contributed by atoms with Crippen LogP contribution in [-0.2, 0) is 5.75 Å². The van der Waals surface area contributed by atoms with Crippen molar-refractivity contribution in [2.24, 2.45) is 0 Å². The molecule has 0 aliphatic heterocycles. The third kappa shape index (κ3) is 4.50. The van der Waals surface area contributed by atoms with Crippen molar-refractivity contribution in [3.05, 3.63) is 86.7 Å². The fraction of sp³-hybridized carbons (Fsp3) is 0.0909. The molecule has 0 radical (unpaired) electrons. The standard InChI is InChI=1S/C22H14ClFN4O3S2/c1-11-6-19-25-14(9-20(29)28(19)31-11)10-32-22-27-17-5-3-13(8-18(17)33-22)26-21(30)12-2-4-16(24)15(23)7-12/h2-9H,10H2,1H3,(H,26,30). The van der Waals surface area contributed by atoms with Crippen molar-refractivity contribution in [3.63, 3.8) is 0 Å². The number of benzene rings is 2. The Morgan fingerprint density at radius 1 is 1.21 bits per heavy atom. The highest BCUT2D eigenvalue weighted by atomic mass is 35.5. The predicted molar refractivity (Wildman–Crippen MR) is 127 cm³/mol. The average Bonchev–Trinajstić information content (AvgIpc) is 3.36. The molecular formula is C22H14ClFN4O3S2. The maximum Gasteiger partial charge on any atom is 0.287 e. The molecule has 0 aliphatic carbocycles. The van der Waals surface area contributed by atoms with Gasteiger partial charge in [-0.3, -0.25) is 9.59 Å². The van der Waals surface area contributed by atoms with Crippen LogP contribution in [0.15, 0.2) is 62.2 Å². The van der Waals surface area contributed by atoms with Crippen molar-refractivity contribution in [2.75, 3.05) is 5.32 Å². The SMILES string of the molecule is Cc1cc2nc(CSc3nc4ccc(NC(=O)c5ccc(F)c(Cl)c5)cc4s3)cc(=O)n2o1. The third-order valence-electron chi connectivity index (χ3n) is 4.68. The number of nitrogens with zero attached hydrogens (tertiary/aromatic N) is 3. The number of aromatic nitrogens is 3. The van der Waals surface area contributed by atoms with Gasteiger partial charge in [0.25, 0.3) is 11.5 Å². The molecule has 0 atom stereocenters. The normalized spacial score (nSPS) is 11.4. The van der Waals surface area contributed by atoms with Crippen molar-refractivity contribution in [3.8, 4) is 0 Å². The van der Waals surface area contributed by atoms with Crippen molar-refractivity contribution in [2.45, 2.75) is 17.0 Å². The van der Waals surface area contributed by atoms with E-state index in [1.54, 1.807) is 19.1 Å². The lowest BCUT2D eigenvalue weighted by atomic mass is 10.2. The van der Waals surface area contributed by atoms with E-state index in [1.807, 2.05) is 12.1 Å². The molecule has 33 heavy (non-hydrogen) atoms. The molecule has 0 bridgehead atoms. The lowest BCUT2D eigenvalue weighted by Crippen LogP contribution is -2.12. The smallest absolute Gasteiger partial charge is 0.287 e. The quantitative estimate of drug-likeness (QED) is 0.318. The van der Waals surface area contributed by atoms with Crippen LogP contribution in [0.3, 0.4) is 0 Å². The molecule has 0 saturated carbocycles. The minimum Gasteiger partial charge on any atom is -0.375 e. The first-order valence-corrected chi connectivity index (χ1v) is 11.8. The summed E-state index contributed by atoms with van der Waals surface area (Å²) in [6, 6.07) is 12.4. The van der Waals surface area contributed by atoms with Crippen molar-refractivity contribution in [1.82, 2.24) is 14.5 Å². The Balaban J connectivity index is 1.31. The third-order valence-corrected chi connectivity index (χ3v) is 7.16. The van der Waals surface area contributed by atoms with Gasteiger partial charge in [0.2, 0.25) is 0 Å². The van der Waals surface area contributed by atoms with E-state index in [0.29, 0.717) is 28.5 Å². The molecule has 0 saturated heterocycles. The molecule has 0 aliphatic rings. The zero-order valence-electron chi connectivity index (χ0n) is 17.0. The van der Waals surface area contributed by atoms with Crippen molar-refractivity contribution < 1.29 is 13.7 Å². The number of thioether (sulfide) groups is 1. The first kappa shape index (κ1) is 21.6. The minimum atomic E-state index is -0.579. The summed E-state index contributed by atoms with van der Waals surface area (Å²) in [7, 11) is 0. The van der Waals surface area contributed by atoms with E-state index in [9.17, 15) is 14.0 Å². The number of thiazole rings is 1. The Hall–Kier alpha value is -3.21. The van der Waals surface area contributed by atoms with E-state index in [1.165, 1.54) is 41.3 Å². The minimum absolute atomic E-state index is 0.110. The zero-order valence-corrected chi connectivity index (χ0v) is 19.4. The Labute approximate surface area is 199 Å². The van der Waals surface area contributed by atoms with E-state index in [0.717, 1.165) is 25.2 Å². The number of carbonyl (C=O) groups is 1. The Kier molecular flexibility index (Phi) is 5.65. The van der Waals surface area contributed by atoms with Gasteiger partial charge in [0.1, 0.15) is 11.6 Å². The number of halogens is 2. The summed E-state index contributed by atoms with van der Waals surface area (Å²) < 4.78 is 21.5. The van der Waals surface area contributed by atoms with Gasteiger partial charge in [-0.2, -0.15) is 0 Å². The first-order valence-electron chi connectivity index (χ1n) is 9.65. The number of anilines is 1. The van der Waals surface area contributed by atoms with Crippen molar-refractivity contribution >= 4 is 62.2 Å². The number of hydrogen-bond acceptors (Lipinski definition) is 7. The van der Waals surface area contributed by atoms with Crippen LogP contribution in [0.25, 0.3) is 15.9 Å². The van der Waals surface area contributed by atoms with Crippen LogP contribution in [0.1, 0.15) is 21.8 Å². The molecule has 2 aromatic carbocycles.